The molecule has 0 atom stereocenters. The number of Topliss-reactive ketones (excluding diaryl/α,β-unsaturated/α-hetero) is 1. The molecule has 1 N–H and O–H groups in total. The number of alkyl halides is 6. The third-order valence-corrected chi connectivity index (χ3v) is 3.66. The molecule has 134 valence electrons. The fraction of sp³-hybridized carbons (Fsp3) is 0.533. The largest absolute Gasteiger partial charge is 0.416 e. The van der Waals surface area contributed by atoms with Crippen LogP contribution in [0.3, 0.4) is 0 Å². The molecule has 24 heavy (non-hydrogen) atoms. The molecule has 0 spiro atoms. The maximum Gasteiger partial charge on any atom is 0.416 e. The predicted molar refractivity (Wildman–Crippen MR) is 74.5 cm³/mol. The summed E-state index contributed by atoms with van der Waals surface area (Å²) in [5.41, 5.74) is -3.08. The molecule has 0 aliphatic carbocycles. The first kappa shape index (κ1) is 18.7. The lowest BCUT2D eigenvalue weighted by Gasteiger charge is -2.26. The zero-order valence-corrected chi connectivity index (χ0v) is 12.6. The topological polar surface area (TPSA) is 32.3 Å². The quantitative estimate of drug-likeness (QED) is 0.844. The van der Waals surface area contributed by atoms with Gasteiger partial charge < -0.3 is 5.32 Å². The van der Waals surface area contributed by atoms with Crippen molar-refractivity contribution in [2.75, 3.05) is 32.7 Å². The van der Waals surface area contributed by atoms with Crippen LogP contribution in [-0.2, 0) is 23.6 Å². The molecule has 0 saturated carbocycles. The highest BCUT2D eigenvalue weighted by Gasteiger charge is 2.37. The molecular formula is C15H16F6N2O. The molecule has 3 nitrogen and oxygen atoms in total. The maximum atomic E-state index is 12.8. The fourth-order valence-electron chi connectivity index (χ4n) is 2.52. The summed E-state index contributed by atoms with van der Waals surface area (Å²) >= 11 is 0. The number of hydrogen-bond donors (Lipinski definition) is 1. The summed E-state index contributed by atoms with van der Waals surface area (Å²) < 4.78 is 76.7. The lowest BCUT2D eigenvalue weighted by atomic mass is 10.0. The van der Waals surface area contributed by atoms with Crippen LogP contribution in [0.5, 0.6) is 0 Å². The number of carbonyl (C=O) groups excluding carboxylic acids is 1. The second-order valence-electron chi connectivity index (χ2n) is 5.66. The van der Waals surface area contributed by atoms with Crippen molar-refractivity contribution in [2.45, 2.75) is 18.8 Å². The minimum Gasteiger partial charge on any atom is -0.314 e. The Kier molecular flexibility index (Phi) is 5.54. The molecule has 0 radical (unpaired) electrons. The first-order valence-corrected chi connectivity index (χ1v) is 7.29. The van der Waals surface area contributed by atoms with Crippen LogP contribution in [0.15, 0.2) is 18.2 Å². The Balaban J connectivity index is 2.17. The van der Waals surface area contributed by atoms with Crippen molar-refractivity contribution in [3.05, 3.63) is 34.9 Å². The van der Waals surface area contributed by atoms with Gasteiger partial charge in [0.1, 0.15) is 0 Å². The molecule has 1 saturated heterocycles. The summed E-state index contributed by atoms with van der Waals surface area (Å²) in [4.78, 5) is 13.8. The number of ketones is 1. The Hall–Kier alpha value is -1.61. The van der Waals surface area contributed by atoms with E-state index in [4.69, 9.17) is 0 Å². The van der Waals surface area contributed by atoms with Gasteiger partial charge in [0.25, 0.3) is 0 Å². The van der Waals surface area contributed by atoms with Crippen LogP contribution < -0.4 is 5.32 Å². The van der Waals surface area contributed by atoms with Crippen LogP contribution in [0.2, 0.25) is 0 Å². The van der Waals surface area contributed by atoms with E-state index < -0.39 is 35.7 Å². The summed E-state index contributed by atoms with van der Waals surface area (Å²) in [5, 5.41) is 3.08. The lowest BCUT2D eigenvalue weighted by Crippen LogP contribution is -2.45. The summed E-state index contributed by atoms with van der Waals surface area (Å²) in [6.45, 7) is 2.62. The van der Waals surface area contributed by atoms with Crippen LogP contribution in [0.25, 0.3) is 0 Å². The van der Waals surface area contributed by atoms with E-state index in [1.165, 1.54) is 0 Å². The first-order chi connectivity index (χ1) is 11.1. The van der Waals surface area contributed by atoms with Crippen molar-refractivity contribution in [1.82, 2.24) is 10.2 Å². The molecule has 0 bridgehead atoms. The van der Waals surface area contributed by atoms with Gasteiger partial charge >= 0.3 is 12.4 Å². The van der Waals surface area contributed by atoms with E-state index >= 15 is 0 Å². The third-order valence-electron chi connectivity index (χ3n) is 3.66. The Morgan fingerprint density at radius 2 is 1.46 bits per heavy atom. The van der Waals surface area contributed by atoms with Crippen molar-refractivity contribution >= 4 is 5.78 Å². The number of benzene rings is 1. The van der Waals surface area contributed by atoms with Gasteiger partial charge in [0.05, 0.1) is 17.7 Å². The predicted octanol–water partition coefficient (Wildman–Crippen LogP) is 2.74. The van der Waals surface area contributed by atoms with Gasteiger partial charge in [0.2, 0.25) is 0 Å². The smallest absolute Gasteiger partial charge is 0.314 e. The molecule has 1 fully saturated rings. The van der Waals surface area contributed by atoms with Gasteiger partial charge in [0.15, 0.2) is 5.78 Å². The molecule has 1 aromatic rings. The number of nitrogens with one attached hydrogen (secondary N) is 1. The Morgan fingerprint density at radius 1 is 0.958 bits per heavy atom. The lowest BCUT2D eigenvalue weighted by molar-refractivity contribution is -0.143. The molecule has 1 heterocycles. The summed E-state index contributed by atoms with van der Waals surface area (Å²) in [6.07, 6.45) is -10.3. The normalized spacial score (nSPS) is 17.1. The minimum atomic E-state index is -4.91. The Morgan fingerprint density at radius 3 is 1.92 bits per heavy atom. The van der Waals surface area contributed by atoms with Crippen LogP contribution in [0.4, 0.5) is 26.3 Å². The number of nitrogens with zero attached hydrogens (tertiary/aromatic N) is 1. The van der Waals surface area contributed by atoms with Crippen LogP contribution >= 0.6 is 0 Å². The highest BCUT2D eigenvalue weighted by Crippen LogP contribution is 2.36. The number of piperazine rings is 1. The molecule has 0 unspecified atom stereocenters. The van der Waals surface area contributed by atoms with Gasteiger partial charge in [-0.1, -0.05) is 0 Å². The number of carbonyl (C=O) groups is 1. The number of rotatable bonds is 4. The van der Waals surface area contributed by atoms with Crippen molar-refractivity contribution in [1.29, 1.82) is 0 Å². The van der Waals surface area contributed by atoms with E-state index in [-0.39, 0.29) is 18.2 Å². The van der Waals surface area contributed by atoms with E-state index in [2.05, 4.69) is 5.32 Å². The van der Waals surface area contributed by atoms with Gasteiger partial charge in [-0.2, -0.15) is 26.3 Å². The monoisotopic (exact) mass is 354 g/mol. The van der Waals surface area contributed by atoms with E-state index in [0.717, 1.165) is 0 Å². The van der Waals surface area contributed by atoms with Gasteiger partial charge in [0, 0.05) is 32.6 Å². The molecule has 2 rings (SSSR count). The highest BCUT2D eigenvalue weighted by atomic mass is 19.4. The maximum absolute atomic E-state index is 12.8. The van der Waals surface area contributed by atoms with Gasteiger partial charge in [-0.15, -0.1) is 0 Å². The van der Waals surface area contributed by atoms with E-state index in [1.54, 1.807) is 0 Å². The molecule has 9 heteroatoms. The third kappa shape index (κ3) is 5.20. The van der Waals surface area contributed by atoms with Gasteiger partial charge in [-0.25, -0.2) is 0 Å². The van der Waals surface area contributed by atoms with Crippen LogP contribution in [0, 0.1) is 0 Å². The Labute approximate surface area is 134 Å². The summed E-state index contributed by atoms with van der Waals surface area (Å²) in [7, 11) is 0. The van der Waals surface area contributed by atoms with E-state index in [9.17, 15) is 31.1 Å². The highest BCUT2D eigenvalue weighted by molar-refractivity contribution is 5.82. The summed E-state index contributed by atoms with van der Waals surface area (Å²) in [5.74, 6) is -0.413. The van der Waals surface area contributed by atoms with Crippen LogP contribution in [-0.4, -0.2) is 43.4 Å². The van der Waals surface area contributed by atoms with Gasteiger partial charge in [-0.05, 0) is 23.8 Å². The van der Waals surface area contributed by atoms with Crippen molar-refractivity contribution < 1.29 is 31.1 Å². The second kappa shape index (κ2) is 7.10. The zero-order chi connectivity index (χ0) is 18.0. The van der Waals surface area contributed by atoms with Crippen LogP contribution in [0.1, 0.15) is 16.7 Å². The van der Waals surface area contributed by atoms with Gasteiger partial charge in [-0.3, -0.25) is 9.69 Å². The standard InChI is InChI=1S/C15H16F6N2O/c16-14(17,18)11-5-10(6-12(8-11)15(19,20)21)7-13(24)9-23-3-1-22-2-4-23/h5-6,8,22H,1-4,7,9H2. The zero-order valence-electron chi connectivity index (χ0n) is 12.6. The van der Waals surface area contributed by atoms with E-state index in [0.29, 0.717) is 38.3 Å². The number of hydrogen-bond acceptors (Lipinski definition) is 3. The average Bonchev–Trinajstić information content (AvgIpc) is 2.46. The van der Waals surface area contributed by atoms with Crippen molar-refractivity contribution in [2.24, 2.45) is 0 Å². The fourth-order valence-corrected chi connectivity index (χ4v) is 2.52. The van der Waals surface area contributed by atoms with Crippen molar-refractivity contribution in [3.8, 4) is 0 Å². The molecule has 0 aromatic heterocycles. The molecule has 0 amide bonds. The number of halogens is 6. The average molecular weight is 354 g/mol. The SMILES string of the molecule is O=C(Cc1cc(C(F)(F)F)cc(C(F)(F)F)c1)CN1CCNCC1. The molecular weight excluding hydrogens is 338 g/mol. The van der Waals surface area contributed by atoms with Crippen molar-refractivity contribution in [3.63, 3.8) is 0 Å². The molecule has 1 aromatic carbocycles. The first-order valence-electron chi connectivity index (χ1n) is 7.29. The molecule has 1 aliphatic rings. The Bertz CT molecular complexity index is 558. The second-order valence-corrected chi connectivity index (χ2v) is 5.66. The minimum absolute atomic E-state index is 0.0132. The van der Waals surface area contributed by atoms with E-state index in [1.807, 2.05) is 4.90 Å². The summed E-state index contributed by atoms with van der Waals surface area (Å²) in [6, 6.07) is 1.26. The molecule has 1 aliphatic heterocycles.